The van der Waals surface area contributed by atoms with Gasteiger partial charge in [-0.3, -0.25) is 14.4 Å². The molecule has 23 heteroatoms. The van der Waals surface area contributed by atoms with Crippen LogP contribution in [0.15, 0.2) is 170 Å². The van der Waals surface area contributed by atoms with Crippen LogP contribution in [0.5, 0.6) is 5.75 Å². The minimum absolute atomic E-state index is 0.151. The van der Waals surface area contributed by atoms with Gasteiger partial charge >= 0.3 is 0 Å². The summed E-state index contributed by atoms with van der Waals surface area (Å²) in [5.41, 5.74) is 10.9. The van der Waals surface area contributed by atoms with Crippen molar-refractivity contribution >= 4 is 34.8 Å². The van der Waals surface area contributed by atoms with Crippen molar-refractivity contribution in [2.75, 3.05) is 22.6 Å². The maximum Gasteiger partial charge on any atom is 0.255 e. The van der Waals surface area contributed by atoms with Crippen molar-refractivity contribution in [2.24, 2.45) is 5.92 Å². The van der Waals surface area contributed by atoms with Crippen LogP contribution in [0.25, 0.3) is 45.6 Å². The first kappa shape index (κ1) is 57.7. The summed E-state index contributed by atoms with van der Waals surface area (Å²) in [6.45, 7) is 9.11. The molecule has 1 aliphatic rings. The number of hydrogen-bond acceptors (Lipinski definition) is 16. The van der Waals surface area contributed by atoms with Crippen LogP contribution in [-0.4, -0.2) is 107 Å². The molecule has 0 unspecified atom stereocenters. The average Bonchev–Trinajstić information content (AvgIpc) is 4.55. The molecule has 84 heavy (non-hydrogen) atoms. The Kier molecular flexibility index (Phi) is 19.9. The lowest BCUT2D eigenvalue weighted by Crippen LogP contribution is -2.15. The zero-order valence-corrected chi connectivity index (χ0v) is 46.6. The molecule has 0 saturated heterocycles. The highest BCUT2D eigenvalue weighted by molar-refractivity contribution is 6.05. The van der Waals surface area contributed by atoms with Crippen LogP contribution in [0, 0.1) is 19.8 Å². The van der Waals surface area contributed by atoms with Crippen LogP contribution < -0.4 is 20.7 Å². The monoisotopic (exact) mass is 1120 g/mol. The molecule has 3 amide bonds. The Morgan fingerprint density at radius 2 is 0.738 bits per heavy atom. The highest BCUT2D eigenvalue weighted by Crippen LogP contribution is 2.26. The fourth-order valence-corrected chi connectivity index (χ4v) is 8.55. The maximum absolute atomic E-state index is 12.3. The number of carbonyl (C=O) groups is 3. The molecule has 0 radical (unpaired) electrons. The molecule has 4 aromatic heterocycles. The average molecular weight is 1120 g/mol. The number of aryl methyl sites for hydroxylation is 2. The lowest BCUT2D eigenvalue weighted by atomic mass is 9.90. The third kappa shape index (κ3) is 16.8. The molecule has 1 aliphatic carbocycles. The summed E-state index contributed by atoms with van der Waals surface area (Å²) in [7, 11) is 0. The summed E-state index contributed by atoms with van der Waals surface area (Å²) in [6.07, 6.45) is 6.70. The van der Waals surface area contributed by atoms with Crippen LogP contribution in [0.3, 0.4) is 0 Å². The number of hydrogen-bond donors (Lipinski definition) is 7. The van der Waals surface area contributed by atoms with Gasteiger partial charge in [0.25, 0.3) is 17.7 Å². The topological polar surface area (TPSA) is 314 Å². The molecule has 424 valence electrons. The Balaban J connectivity index is 0.000000135. The molecule has 0 atom stereocenters. The van der Waals surface area contributed by atoms with Crippen LogP contribution in [0.1, 0.15) is 99.6 Å². The van der Waals surface area contributed by atoms with E-state index >= 15 is 0 Å². The number of amides is 3. The molecule has 4 heterocycles. The quantitative estimate of drug-likeness (QED) is 0.0532. The molecule has 7 aromatic carbocycles. The minimum atomic E-state index is -0.154. The second-order valence-corrected chi connectivity index (χ2v) is 19.9. The molecule has 7 N–H and O–H groups in total. The normalized spacial score (nSPS) is 11.8. The molecule has 0 spiro atoms. The van der Waals surface area contributed by atoms with E-state index in [1.165, 1.54) is 37.7 Å². The van der Waals surface area contributed by atoms with Crippen LogP contribution in [0.4, 0.5) is 17.1 Å². The van der Waals surface area contributed by atoms with E-state index in [1.807, 2.05) is 111 Å². The molecule has 12 rings (SSSR count). The van der Waals surface area contributed by atoms with Crippen molar-refractivity contribution in [3.8, 4) is 51.3 Å². The van der Waals surface area contributed by atoms with Crippen molar-refractivity contribution in [3.63, 3.8) is 0 Å². The number of H-pyrrole nitrogens is 4. The Bertz CT molecular complexity index is 3590. The first-order chi connectivity index (χ1) is 41.0. The van der Waals surface area contributed by atoms with E-state index in [-0.39, 0.29) is 17.7 Å². The van der Waals surface area contributed by atoms with E-state index < -0.39 is 0 Å². The Hall–Kier alpha value is -11.0. The number of benzene rings is 7. The van der Waals surface area contributed by atoms with Gasteiger partial charge < -0.3 is 20.7 Å². The predicted octanol–water partition coefficient (Wildman–Crippen LogP) is 10.9. The molecule has 0 bridgehead atoms. The molecular weight excluding hydrogens is 1060 g/mol. The lowest BCUT2D eigenvalue weighted by Gasteiger charge is -2.21. The van der Waals surface area contributed by atoms with E-state index in [1.54, 1.807) is 72.8 Å². The lowest BCUT2D eigenvalue weighted by molar-refractivity contribution is 0.101. The number of anilines is 3. The van der Waals surface area contributed by atoms with E-state index in [4.69, 9.17) is 4.74 Å². The van der Waals surface area contributed by atoms with E-state index in [9.17, 15) is 14.4 Å². The Morgan fingerprint density at radius 3 is 1.04 bits per heavy atom. The van der Waals surface area contributed by atoms with Gasteiger partial charge in [-0.25, -0.2) is 0 Å². The van der Waals surface area contributed by atoms with Crippen LogP contribution >= 0.6 is 0 Å². The summed E-state index contributed by atoms with van der Waals surface area (Å²) in [5.74, 6) is 3.76. The van der Waals surface area contributed by atoms with Crippen LogP contribution in [-0.2, 0) is 0 Å². The van der Waals surface area contributed by atoms with Gasteiger partial charge in [0.05, 0.1) is 6.61 Å². The third-order valence-corrected chi connectivity index (χ3v) is 13.4. The Labute approximate surface area is 483 Å². The number of nitrogens with zero attached hydrogens (tertiary/aromatic N) is 12. The number of tetrazole rings is 4. The summed E-state index contributed by atoms with van der Waals surface area (Å²) in [4.78, 5) is 36.5. The second kappa shape index (κ2) is 29.0. The zero-order valence-electron chi connectivity index (χ0n) is 46.6. The van der Waals surface area contributed by atoms with Gasteiger partial charge in [0.1, 0.15) is 5.75 Å². The van der Waals surface area contributed by atoms with Crippen molar-refractivity contribution < 1.29 is 19.1 Å². The third-order valence-electron chi connectivity index (χ3n) is 13.4. The summed E-state index contributed by atoms with van der Waals surface area (Å²) >= 11 is 0. The van der Waals surface area contributed by atoms with Gasteiger partial charge in [0.2, 0.25) is 23.3 Å². The van der Waals surface area contributed by atoms with Crippen molar-refractivity contribution in [2.45, 2.75) is 65.7 Å². The maximum atomic E-state index is 12.3. The number of rotatable bonds is 14. The standard InChI is InChI=1S/C17H17N5O.2C15H13N5O.C14H18N4O/c1-11(2)12-7-9-15(10-8-12)18-17(23)14-5-3-13(4-6-14)16-19-21-22-20-16;2*1-10-2-8-13(9-3-10)16-15(21)12-6-4-11(5-7-12)14-17-19-20-18-14;1-2-4-11(5-3-1)10-19-13-8-6-12(7-9-13)14-15-17-18-16-14/h3-11H,1-2H3,(H,18,23)(H,19,20,21,22);2*2-9H,1H3,(H,16,21)(H,17,18,19,20);6-9,11H,1-5,10H2,(H,15,16,17,18). The fraction of sp³-hybridized carbons (Fsp3) is 0.197. The smallest absolute Gasteiger partial charge is 0.255 e. The molecule has 11 aromatic rings. The largest absolute Gasteiger partial charge is 0.493 e. The van der Waals surface area contributed by atoms with Crippen LogP contribution in [0.2, 0.25) is 0 Å². The van der Waals surface area contributed by atoms with E-state index in [2.05, 4.69) is 112 Å². The number of nitrogens with one attached hydrogen (secondary N) is 7. The second-order valence-electron chi connectivity index (χ2n) is 19.9. The van der Waals surface area contributed by atoms with Gasteiger partial charge in [-0.1, -0.05) is 117 Å². The predicted molar refractivity (Wildman–Crippen MR) is 317 cm³/mol. The first-order valence-electron chi connectivity index (χ1n) is 27.2. The highest BCUT2D eigenvalue weighted by Gasteiger charge is 2.15. The number of carbonyl (C=O) groups excluding carboxylic acids is 3. The molecular formula is C61H61N19O4. The van der Waals surface area contributed by atoms with Gasteiger partial charge in [0, 0.05) is 56.0 Å². The molecule has 1 saturated carbocycles. The fourth-order valence-electron chi connectivity index (χ4n) is 8.55. The molecule has 23 nitrogen and oxygen atoms in total. The summed E-state index contributed by atoms with van der Waals surface area (Å²) in [6, 6.07) is 52.2. The number of aromatic amines is 4. The van der Waals surface area contributed by atoms with Gasteiger partial charge in [-0.15, -0.1) is 40.8 Å². The first-order valence-corrected chi connectivity index (χ1v) is 27.2. The highest BCUT2D eigenvalue weighted by atomic mass is 16.5. The van der Waals surface area contributed by atoms with E-state index in [0.29, 0.717) is 45.9 Å². The van der Waals surface area contributed by atoms with Gasteiger partial charge in [-0.05, 0) is 162 Å². The number of aromatic nitrogens is 16. The molecule has 1 fully saturated rings. The van der Waals surface area contributed by atoms with Crippen molar-refractivity contribution in [1.29, 1.82) is 0 Å². The zero-order chi connectivity index (χ0) is 58.5. The molecule has 0 aliphatic heterocycles. The number of ether oxygens (including phenoxy) is 1. The summed E-state index contributed by atoms with van der Waals surface area (Å²) in [5, 5.41) is 63.6. The SMILES string of the molecule is CC(C)c1ccc(NC(=O)c2ccc(-c3nn[nH]n3)cc2)cc1.Cc1ccc(NC(=O)c2ccc(-c3nn[nH]n3)cc2)cc1.Cc1ccc(NC(=O)c2ccc(-c3nn[nH]n3)cc2)cc1.c1cc(-c2nn[nH]n2)ccc1OCC1CCCCC1. The summed E-state index contributed by atoms with van der Waals surface area (Å²) < 4.78 is 5.85. The van der Waals surface area contributed by atoms with Gasteiger partial charge in [-0.2, -0.15) is 20.9 Å². The minimum Gasteiger partial charge on any atom is -0.493 e. The Morgan fingerprint density at radius 1 is 0.429 bits per heavy atom. The van der Waals surface area contributed by atoms with E-state index in [0.717, 1.165) is 68.7 Å². The van der Waals surface area contributed by atoms with Crippen molar-refractivity contribution in [1.82, 2.24) is 82.5 Å². The van der Waals surface area contributed by atoms with Crippen molar-refractivity contribution in [3.05, 3.63) is 203 Å². The van der Waals surface area contributed by atoms with Gasteiger partial charge in [0.15, 0.2) is 0 Å².